The summed E-state index contributed by atoms with van der Waals surface area (Å²) in [6.07, 6.45) is 2.46. The van der Waals surface area contributed by atoms with Gasteiger partial charge < -0.3 is 10.2 Å². The van der Waals surface area contributed by atoms with Crippen molar-refractivity contribution in [3.8, 4) is 0 Å². The molecule has 1 unspecified atom stereocenters. The number of halogens is 1. The van der Waals surface area contributed by atoms with E-state index in [0.29, 0.717) is 0 Å². The summed E-state index contributed by atoms with van der Waals surface area (Å²) >= 11 is 0. The number of rotatable bonds is 5. The molecule has 18 heavy (non-hydrogen) atoms. The highest BCUT2D eigenvalue weighted by Crippen LogP contribution is 2.08. The van der Waals surface area contributed by atoms with Gasteiger partial charge in [0, 0.05) is 18.8 Å². The van der Waals surface area contributed by atoms with Gasteiger partial charge in [-0.1, -0.05) is 13.8 Å². The van der Waals surface area contributed by atoms with Gasteiger partial charge in [0.2, 0.25) is 0 Å². The van der Waals surface area contributed by atoms with Crippen molar-refractivity contribution in [3.05, 3.63) is 29.8 Å². The quantitative estimate of drug-likeness (QED) is 0.865. The van der Waals surface area contributed by atoms with Crippen LogP contribution in [0, 0.1) is 11.7 Å². The number of likely N-dealkylation sites (N-methyl/N-ethyl adjacent to an activating group) is 1. The van der Waals surface area contributed by atoms with Crippen LogP contribution in [0.25, 0.3) is 0 Å². The summed E-state index contributed by atoms with van der Waals surface area (Å²) < 4.78 is 13.4. The molecule has 0 bridgehead atoms. The average molecular weight is 253 g/mol. The van der Waals surface area contributed by atoms with Gasteiger partial charge >= 0.3 is 0 Å². The first-order valence-corrected chi connectivity index (χ1v) is 5.97. The van der Waals surface area contributed by atoms with Gasteiger partial charge in [-0.3, -0.25) is 9.78 Å². The Hall–Kier alpha value is -1.49. The molecule has 100 valence electrons. The monoisotopic (exact) mass is 253 g/mol. The maximum atomic E-state index is 13.4. The number of nitrogens with one attached hydrogen (secondary N) is 1. The maximum absolute atomic E-state index is 13.4. The van der Waals surface area contributed by atoms with Crippen molar-refractivity contribution in [3.63, 3.8) is 0 Å². The van der Waals surface area contributed by atoms with E-state index in [1.165, 1.54) is 12.3 Å². The first-order chi connectivity index (χ1) is 8.41. The van der Waals surface area contributed by atoms with Gasteiger partial charge in [-0.15, -0.1) is 0 Å². The largest absolute Gasteiger partial charge is 0.348 e. The minimum absolute atomic E-state index is 0.0138. The summed E-state index contributed by atoms with van der Waals surface area (Å²) in [4.78, 5) is 17.6. The number of aromatic nitrogens is 1. The zero-order chi connectivity index (χ0) is 13.7. The molecule has 1 aromatic rings. The number of carbonyl (C=O) groups excluding carboxylic acids is 1. The second-order valence-corrected chi connectivity index (χ2v) is 4.94. The van der Waals surface area contributed by atoms with Gasteiger partial charge in [0.05, 0.1) is 11.8 Å². The highest BCUT2D eigenvalue weighted by Gasteiger charge is 2.19. The molecule has 1 amide bonds. The molecule has 0 saturated carbocycles. The van der Waals surface area contributed by atoms with Gasteiger partial charge in [0.1, 0.15) is 0 Å². The summed E-state index contributed by atoms with van der Waals surface area (Å²) in [5.41, 5.74) is 0.0365. The fraction of sp³-hybridized carbons (Fsp3) is 0.538. The van der Waals surface area contributed by atoms with Crippen LogP contribution in [0.2, 0.25) is 0 Å². The number of nitrogens with zero attached hydrogens (tertiary/aromatic N) is 2. The van der Waals surface area contributed by atoms with Crippen LogP contribution in [0.3, 0.4) is 0 Å². The van der Waals surface area contributed by atoms with Crippen LogP contribution in [0.1, 0.15) is 24.2 Å². The van der Waals surface area contributed by atoms with Gasteiger partial charge in [-0.2, -0.15) is 0 Å². The lowest BCUT2D eigenvalue weighted by atomic mass is 10.0. The smallest absolute Gasteiger partial charge is 0.254 e. The zero-order valence-corrected chi connectivity index (χ0v) is 11.3. The van der Waals surface area contributed by atoms with E-state index in [0.717, 1.165) is 12.7 Å². The van der Waals surface area contributed by atoms with Crippen LogP contribution in [-0.4, -0.2) is 42.5 Å². The van der Waals surface area contributed by atoms with Crippen LogP contribution in [0.5, 0.6) is 0 Å². The van der Waals surface area contributed by atoms with E-state index in [9.17, 15) is 9.18 Å². The third-order valence-corrected chi connectivity index (χ3v) is 2.70. The average Bonchev–Trinajstić information content (AvgIpc) is 2.27. The van der Waals surface area contributed by atoms with Crippen molar-refractivity contribution in [2.75, 3.05) is 20.6 Å². The summed E-state index contributed by atoms with van der Waals surface area (Å²) in [7, 11) is 3.88. The lowest BCUT2D eigenvalue weighted by Gasteiger charge is -2.25. The molecule has 1 atom stereocenters. The molecule has 0 radical (unpaired) electrons. The van der Waals surface area contributed by atoms with Gasteiger partial charge in [-0.05, 0) is 26.1 Å². The Morgan fingerprint density at radius 3 is 2.67 bits per heavy atom. The molecule has 0 fully saturated rings. The van der Waals surface area contributed by atoms with Crippen LogP contribution in [0.4, 0.5) is 4.39 Å². The SMILES string of the molecule is CC(C)C(CN(C)C)NC(=O)c1ccncc1F. The van der Waals surface area contributed by atoms with Gasteiger partial charge in [0.25, 0.3) is 5.91 Å². The third-order valence-electron chi connectivity index (χ3n) is 2.70. The predicted octanol–water partition coefficient (Wildman–Crippen LogP) is 1.54. The van der Waals surface area contributed by atoms with Crippen LogP contribution in [-0.2, 0) is 0 Å². The summed E-state index contributed by atoms with van der Waals surface area (Å²) in [6.45, 7) is 4.77. The number of hydrogen-bond donors (Lipinski definition) is 1. The van der Waals surface area contributed by atoms with E-state index in [1.807, 2.05) is 32.8 Å². The van der Waals surface area contributed by atoms with Crippen molar-refractivity contribution >= 4 is 5.91 Å². The minimum atomic E-state index is -0.595. The number of pyridine rings is 1. The molecule has 0 aromatic carbocycles. The Labute approximate surface area is 107 Å². The summed E-state index contributed by atoms with van der Waals surface area (Å²) in [5, 5.41) is 2.86. The molecule has 0 spiro atoms. The Bertz CT molecular complexity index is 407. The molecule has 0 aliphatic carbocycles. The summed E-state index contributed by atoms with van der Waals surface area (Å²) in [5.74, 6) is -0.709. The first kappa shape index (κ1) is 14.6. The Balaban J connectivity index is 2.76. The minimum Gasteiger partial charge on any atom is -0.348 e. The standard InChI is InChI=1S/C13H20FN3O/c1-9(2)12(8-17(3)4)16-13(18)10-5-6-15-7-11(10)14/h5-7,9,12H,8H2,1-4H3,(H,16,18). The van der Waals surface area contributed by atoms with Gasteiger partial charge in [-0.25, -0.2) is 4.39 Å². The number of carbonyl (C=O) groups is 1. The Morgan fingerprint density at radius 1 is 1.50 bits per heavy atom. The molecular formula is C13H20FN3O. The fourth-order valence-corrected chi connectivity index (χ4v) is 1.62. The van der Waals surface area contributed by atoms with E-state index < -0.39 is 11.7 Å². The number of amides is 1. The number of hydrogen-bond acceptors (Lipinski definition) is 3. The molecule has 1 N–H and O–H groups in total. The molecule has 1 aromatic heterocycles. The molecule has 4 nitrogen and oxygen atoms in total. The van der Waals surface area contributed by atoms with Crippen molar-refractivity contribution < 1.29 is 9.18 Å². The Kier molecular flexibility index (Phi) is 5.22. The second-order valence-electron chi connectivity index (χ2n) is 4.94. The van der Waals surface area contributed by atoms with Gasteiger partial charge in [0.15, 0.2) is 5.82 Å². The fourth-order valence-electron chi connectivity index (χ4n) is 1.62. The van der Waals surface area contributed by atoms with E-state index in [2.05, 4.69) is 10.3 Å². The van der Waals surface area contributed by atoms with Crippen LogP contribution < -0.4 is 5.32 Å². The molecular weight excluding hydrogens is 233 g/mol. The van der Waals surface area contributed by atoms with Crippen molar-refractivity contribution in [2.45, 2.75) is 19.9 Å². The molecule has 1 heterocycles. The highest BCUT2D eigenvalue weighted by atomic mass is 19.1. The maximum Gasteiger partial charge on any atom is 0.254 e. The zero-order valence-electron chi connectivity index (χ0n) is 11.3. The molecule has 0 aliphatic rings. The molecule has 0 saturated heterocycles. The van der Waals surface area contributed by atoms with Crippen LogP contribution >= 0.6 is 0 Å². The normalized spacial score (nSPS) is 12.8. The molecule has 5 heteroatoms. The molecule has 0 aliphatic heterocycles. The van der Waals surface area contributed by atoms with Crippen molar-refractivity contribution in [1.29, 1.82) is 0 Å². The lowest BCUT2D eigenvalue weighted by molar-refractivity contribution is 0.0912. The second kappa shape index (κ2) is 6.44. The Morgan fingerprint density at radius 2 is 2.17 bits per heavy atom. The topological polar surface area (TPSA) is 45.2 Å². The molecule has 1 rings (SSSR count). The van der Waals surface area contributed by atoms with Crippen molar-refractivity contribution in [1.82, 2.24) is 15.2 Å². The van der Waals surface area contributed by atoms with E-state index in [-0.39, 0.29) is 17.5 Å². The van der Waals surface area contributed by atoms with E-state index >= 15 is 0 Å². The first-order valence-electron chi connectivity index (χ1n) is 5.97. The van der Waals surface area contributed by atoms with Crippen molar-refractivity contribution in [2.24, 2.45) is 5.92 Å². The lowest BCUT2D eigenvalue weighted by Crippen LogP contribution is -2.45. The van der Waals surface area contributed by atoms with Crippen LogP contribution in [0.15, 0.2) is 18.5 Å². The highest BCUT2D eigenvalue weighted by molar-refractivity contribution is 5.94. The third kappa shape index (κ3) is 4.07. The summed E-state index contributed by atoms with van der Waals surface area (Å²) in [6, 6.07) is 1.37. The van der Waals surface area contributed by atoms with E-state index in [4.69, 9.17) is 0 Å². The van der Waals surface area contributed by atoms with E-state index in [1.54, 1.807) is 0 Å². The predicted molar refractivity (Wildman–Crippen MR) is 68.8 cm³/mol.